The molecule has 0 bridgehead atoms. The lowest BCUT2D eigenvalue weighted by Crippen LogP contribution is -2.21. The van der Waals surface area contributed by atoms with Crippen molar-refractivity contribution in [2.24, 2.45) is 0 Å². The van der Waals surface area contributed by atoms with Gasteiger partial charge >= 0.3 is 11.9 Å². The minimum absolute atomic E-state index is 0.207. The molecule has 7 nitrogen and oxygen atoms in total. The molecular weight excluding hydrogens is 324 g/mol. The van der Waals surface area contributed by atoms with E-state index in [2.05, 4.69) is 10.3 Å². The Hall–Kier alpha value is -3.22. The van der Waals surface area contributed by atoms with Gasteiger partial charge in [0.1, 0.15) is 0 Å². The predicted molar refractivity (Wildman–Crippen MR) is 90.1 cm³/mol. The van der Waals surface area contributed by atoms with Gasteiger partial charge in [0.25, 0.3) is 5.91 Å². The van der Waals surface area contributed by atoms with Gasteiger partial charge in [-0.25, -0.2) is 9.59 Å². The smallest absolute Gasteiger partial charge is 0.338 e. The molecule has 0 aliphatic carbocycles. The number of amides is 1. The highest BCUT2D eigenvalue weighted by atomic mass is 16.5. The van der Waals surface area contributed by atoms with Crippen LogP contribution >= 0.6 is 0 Å². The van der Waals surface area contributed by atoms with Gasteiger partial charge in [-0.1, -0.05) is 0 Å². The van der Waals surface area contributed by atoms with Crippen molar-refractivity contribution in [1.82, 2.24) is 4.98 Å². The minimum Gasteiger partial charge on any atom is -0.459 e. The SMILES string of the molecule is CC(C)OC(=O)c1ccc(NC(=O)COC(=O)c2ccncc2)cc1. The van der Waals surface area contributed by atoms with E-state index in [1.54, 1.807) is 38.1 Å². The molecule has 0 aliphatic rings. The molecule has 1 aromatic heterocycles. The van der Waals surface area contributed by atoms with Crippen LogP contribution in [0.15, 0.2) is 48.8 Å². The quantitative estimate of drug-likeness (QED) is 0.810. The van der Waals surface area contributed by atoms with Gasteiger partial charge in [-0.05, 0) is 50.2 Å². The van der Waals surface area contributed by atoms with Crippen molar-refractivity contribution in [1.29, 1.82) is 0 Å². The van der Waals surface area contributed by atoms with Crippen LogP contribution in [0, 0.1) is 0 Å². The first-order valence-electron chi connectivity index (χ1n) is 7.64. The van der Waals surface area contributed by atoms with Crippen LogP contribution in [0.25, 0.3) is 0 Å². The van der Waals surface area contributed by atoms with Gasteiger partial charge in [0, 0.05) is 18.1 Å². The van der Waals surface area contributed by atoms with E-state index in [1.165, 1.54) is 24.5 Å². The minimum atomic E-state index is -0.607. The zero-order valence-corrected chi connectivity index (χ0v) is 13.9. The second-order valence-electron chi connectivity index (χ2n) is 5.39. The first-order valence-corrected chi connectivity index (χ1v) is 7.64. The van der Waals surface area contributed by atoms with E-state index in [9.17, 15) is 14.4 Å². The maximum atomic E-state index is 11.8. The highest BCUT2D eigenvalue weighted by molar-refractivity contribution is 5.96. The largest absolute Gasteiger partial charge is 0.459 e. The molecule has 130 valence electrons. The molecule has 1 N–H and O–H groups in total. The molecule has 2 aromatic rings. The number of hydrogen-bond donors (Lipinski definition) is 1. The fourth-order valence-electron chi connectivity index (χ4n) is 1.87. The van der Waals surface area contributed by atoms with E-state index in [4.69, 9.17) is 9.47 Å². The van der Waals surface area contributed by atoms with E-state index >= 15 is 0 Å². The van der Waals surface area contributed by atoms with E-state index in [-0.39, 0.29) is 6.10 Å². The van der Waals surface area contributed by atoms with Crippen LogP contribution < -0.4 is 5.32 Å². The summed E-state index contributed by atoms with van der Waals surface area (Å²) in [5.41, 5.74) is 1.18. The number of anilines is 1. The van der Waals surface area contributed by atoms with Crippen molar-refractivity contribution in [3.05, 3.63) is 59.9 Å². The Labute approximate surface area is 145 Å². The second kappa shape index (κ2) is 8.58. The molecule has 1 amide bonds. The molecule has 0 saturated carbocycles. The third-order valence-corrected chi connectivity index (χ3v) is 3.00. The number of pyridine rings is 1. The van der Waals surface area contributed by atoms with E-state index in [1.807, 2.05) is 0 Å². The first kappa shape index (κ1) is 18.1. The van der Waals surface area contributed by atoms with Crippen LogP contribution in [0.1, 0.15) is 34.6 Å². The maximum absolute atomic E-state index is 11.8. The average Bonchev–Trinajstić information content (AvgIpc) is 2.60. The van der Waals surface area contributed by atoms with Crippen molar-refractivity contribution in [2.45, 2.75) is 20.0 Å². The number of ether oxygens (including phenoxy) is 2. The van der Waals surface area contributed by atoms with Crippen molar-refractivity contribution in [3.63, 3.8) is 0 Å². The summed E-state index contributed by atoms with van der Waals surface area (Å²) in [6, 6.07) is 9.22. The number of nitrogens with one attached hydrogen (secondary N) is 1. The monoisotopic (exact) mass is 342 g/mol. The Morgan fingerprint density at radius 1 is 0.960 bits per heavy atom. The molecular formula is C18H18N2O5. The Bertz CT molecular complexity index is 742. The Kier molecular flexibility index (Phi) is 6.22. The van der Waals surface area contributed by atoms with E-state index in [0.717, 1.165) is 0 Å². The fraction of sp³-hybridized carbons (Fsp3) is 0.222. The standard InChI is InChI=1S/C18H18N2O5/c1-12(2)25-18(23)13-3-5-15(6-4-13)20-16(21)11-24-17(22)14-7-9-19-10-8-14/h3-10,12H,11H2,1-2H3,(H,20,21). The van der Waals surface area contributed by atoms with Crippen LogP contribution in [0.4, 0.5) is 5.69 Å². The number of nitrogens with zero attached hydrogens (tertiary/aromatic N) is 1. The zero-order valence-electron chi connectivity index (χ0n) is 13.9. The molecule has 0 fully saturated rings. The van der Waals surface area contributed by atoms with Crippen molar-refractivity contribution in [3.8, 4) is 0 Å². The third-order valence-electron chi connectivity index (χ3n) is 3.00. The Morgan fingerprint density at radius 3 is 2.16 bits per heavy atom. The lowest BCUT2D eigenvalue weighted by atomic mass is 10.2. The number of benzene rings is 1. The molecule has 0 atom stereocenters. The molecule has 1 aromatic carbocycles. The summed E-state index contributed by atoms with van der Waals surface area (Å²) in [6.07, 6.45) is 2.72. The lowest BCUT2D eigenvalue weighted by Gasteiger charge is -2.09. The Balaban J connectivity index is 1.84. The van der Waals surface area contributed by atoms with Crippen LogP contribution in [0.5, 0.6) is 0 Å². The first-order chi connectivity index (χ1) is 12.0. The van der Waals surface area contributed by atoms with Crippen molar-refractivity contribution >= 4 is 23.5 Å². The summed E-state index contributed by atoms with van der Waals surface area (Å²) in [6.45, 7) is 3.11. The van der Waals surface area contributed by atoms with Crippen molar-refractivity contribution < 1.29 is 23.9 Å². The molecule has 25 heavy (non-hydrogen) atoms. The predicted octanol–water partition coefficient (Wildman–Crippen LogP) is 2.44. The number of carbonyl (C=O) groups is 3. The second-order valence-corrected chi connectivity index (χ2v) is 5.39. The molecule has 0 radical (unpaired) electrons. The highest BCUT2D eigenvalue weighted by Crippen LogP contribution is 2.11. The topological polar surface area (TPSA) is 94.6 Å². The van der Waals surface area contributed by atoms with Gasteiger partial charge in [0.05, 0.1) is 17.2 Å². The number of hydrogen-bond acceptors (Lipinski definition) is 6. The van der Waals surface area contributed by atoms with Gasteiger partial charge < -0.3 is 14.8 Å². The van der Waals surface area contributed by atoms with E-state index in [0.29, 0.717) is 16.8 Å². The molecule has 0 aliphatic heterocycles. The fourth-order valence-corrected chi connectivity index (χ4v) is 1.87. The Morgan fingerprint density at radius 2 is 1.56 bits per heavy atom. The molecule has 7 heteroatoms. The van der Waals surface area contributed by atoms with Gasteiger partial charge in [-0.2, -0.15) is 0 Å². The van der Waals surface area contributed by atoms with Gasteiger partial charge in [-0.15, -0.1) is 0 Å². The third kappa shape index (κ3) is 5.72. The summed E-state index contributed by atoms with van der Waals surface area (Å²) in [4.78, 5) is 39.1. The molecule has 0 spiro atoms. The lowest BCUT2D eigenvalue weighted by molar-refractivity contribution is -0.119. The molecule has 2 rings (SSSR count). The number of carbonyl (C=O) groups excluding carboxylic acids is 3. The summed E-state index contributed by atoms with van der Waals surface area (Å²) < 4.78 is 9.99. The summed E-state index contributed by atoms with van der Waals surface area (Å²) >= 11 is 0. The van der Waals surface area contributed by atoms with Crippen LogP contribution in [-0.4, -0.2) is 35.5 Å². The molecule has 0 unspecified atom stereocenters. The van der Waals surface area contributed by atoms with Crippen LogP contribution in [0.3, 0.4) is 0 Å². The van der Waals surface area contributed by atoms with E-state index < -0.39 is 24.5 Å². The summed E-state index contributed by atoms with van der Waals surface area (Å²) in [5.74, 6) is -1.52. The number of rotatable bonds is 6. The zero-order chi connectivity index (χ0) is 18.2. The average molecular weight is 342 g/mol. The van der Waals surface area contributed by atoms with Gasteiger partial charge in [0.2, 0.25) is 0 Å². The van der Waals surface area contributed by atoms with Gasteiger partial charge in [-0.3, -0.25) is 9.78 Å². The van der Waals surface area contributed by atoms with Crippen molar-refractivity contribution in [2.75, 3.05) is 11.9 Å². The molecule has 1 heterocycles. The van der Waals surface area contributed by atoms with Crippen LogP contribution in [-0.2, 0) is 14.3 Å². The number of aromatic nitrogens is 1. The summed E-state index contributed by atoms with van der Waals surface area (Å²) in [7, 11) is 0. The van der Waals surface area contributed by atoms with Crippen LogP contribution in [0.2, 0.25) is 0 Å². The number of esters is 2. The molecule has 0 saturated heterocycles. The highest BCUT2D eigenvalue weighted by Gasteiger charge is 2.11. The summed E-state index contributed by atoms with van der Waals surface area (Å²) in [5, 5.41) is 2.58. The van der Waals surface area contributed by atoms with Gasteiger partial charge in [0.15, 0.2) is 6.61 Å². The normalized spacial score (nSPS) is 10.2. The maximum Gasteiger partial charge on any atom is 0.338 e.